The summed E-state index contributed by atoms with van der Waals surface area (Å²) in [7, 11) is 0. The summed E-state index contributed by atoms with van der Waals surface area (Å²) in [5.41, 5.74) is -0.386. The molecule has 126 valence electrons. The molecule has 0 saturated heterocycles. The number of carbonyl (C=O) groups excluding carboxylic acids is 2. The van der Waals surface area contributed by atoms with Crippen molar-refractivity contribution in [2.24, 2.45) is 0 Å². The van der Waals surface area contributed by atoms with Crippen molar-refractivity contribution in [2.45, 2.75) is 58.2 Å². The van der Waals surface area contributed by atoms with Gasteiger partial charge in [0.25, 0.3) is 5.91 Å². The molecule has 8 heteroatoms. The summed E-state index contributed by atoms with van der Waals surface area (Å²) in [5.74, 6) is -0.329. The highest BCUT2D eigenvalue weighted by Gasteiger charge is 2.29. The summed E-state index contributed by atoms with van der Waals surface area (Å²) in [6, 6.07) is 0.196. The second-order valence-electron chi connectivity index (χ2n) is 6.20. The maximum Gasteiger partial charge on any atom is 0.346 e. The van der Waals surface area contributed by atoms with Gasteiger partial charge in [-0.25, -0.2) is 9.48 Å². The first-order valence-corrected chi connectivity index (χ1v) is 8.36. The Morgan fingerprint density at radius 3 is 2.65 bits per heavy atom. The average molecular weight is 321 g/mol. The number of amides is 2. The first-order chi connectivity index (χ1) is 11.1. The quantitative estimate of drug-likeness (QED) is 0.843. The molecule has 3 rings (SSSR count). The Hall–Kier alpha value is -2.12. The number of fused-ring (bicyclic) bond motifs is 1. The second-order valence-corrected chi connectivity index (χ2v) is 6.20. The van der Waals surface area contributed by atoms with Gasteiger partial charge in [-0.15, -0.1) is 5.10 Å². The van der Waals surface area contributed by atoms with Gasteiger partial charge in [0.2, 0.25) is 11.7 Å². The third kappa shape index (κ3) is 3.16. The van der Waals surface area contributed by atoms with Crippen molar-refractivity contribution in [1.29, 1.82) is 0 Å². The van der Waals surface area contributed by atoms with Crippen LogP contribution in [0.25, 0.3) is 0 Å². The lowest BCUT2D eigenvalue weighted by atomic mass is 9.95. The van der Waals surface area contributed by atoms with E-state index in [1.807, 2.05) is 6.92 Å². The fraction of sp³-hybridized carbons (Fsp3) is 0.733. The molecule has 23 heavy (non-hydrogen) atoms. The van der Waals surface area contributed by atoms with Crippen molar-refractivity contribution >= 4 is 11.8 Å². The van der Waals surface area contributed by atoms with E-state index in [1.54, 1.807) is 4.90 Å². The molecular formula is C15H23N5O3. The van der Waals surface area contributed by atoms with Crippen molar-refractivity contribution in [1.82, 2.24) is 24.6 Å². The minimum Gasteiger partial charge on any atom is -0.352 e. The molecule has 1 aliphatic carbocycles. The Labute approximate surface area is 134 Å². The van der Waals surface area contributed by atoms with Gasteiger partial charge in [0.05, 0.1) is 0 Å². The predicted octanol–water partition coefficient (Wildman–Crippen LogP) is -0.0306. The first kappa shape index (κ1) is 15.8. The van der Waals surface area contributed by atoms with Gasteiger partial charge in [-0.2, -0.15) is 0 Å². The van der Waals surface area contributed by atoms with E-state index in [1.165, 1.54) is 11.0 Å². The van der Waals surface area contributed by atoms with Crippen LogP contribution in [0.1, 0.15) is 49.6 Å². The lowest BCUT2D eigenvalue weighted by molar-refractivity contribution is -0.122. The van der Waals surface area contributed by atoms with E-state index in [4.69, 9.17) is 0 Å². The van der Waals surface area contributed by atoms with E-state index in [0.717, 1.165) is 30.4 Å². The molecule has 2 aliphatic rings. The number of aromatic nitrogens is 3. The minimum absolute atomic E-state index is 0.130. The molecule has 0 unspecified atom stereocenters. The highest BCUT2D eigenvalue weighted by Crippen LogP contribution is 2.17. The number of hydrogen-bond donors (Lipinski definition) is 1. The van der Waals surface area contributed by atoms with Crippen molar-refractivity contribution in [3.05, 3.63) is 16.3 Å². The SMILES string of the molecule is CCN1CCn2c(nn(CC(=O)NC3CCCCC3)c2=O)C1=O. The summed E-state index contributed by atoms with van der Waals surface area (Å²) in [5, 5.41) is 7.04. The molecule has 1 fully saturated rings. The van der Waals surface area contributed by atoms with Crippen LogP contribution in [0, 0.1) is 0 Å². The van der Waals surface area contributed by atoms with Crippen LogP contribution in [0.4, 0.5) is 0 Å². The second kappa shape index (κ2) is 6.55. The standard InChI is InChI=1S/C15H23N5O3/c1-2-18-8-9-19-13(14(18)22)17-20(15(19)23)10-12(21)16-11-6-4-3-5-7-11/h11H,2-10H2,1H3,(H,16,21). The monoisotopic (exact) mass is 321 g/mol. The van der Waals surface area contributed by atoms with Crippen LogP contribution in [-0.4, -0.2) is 50.2 Å². The van der Waals surface area contributed by atoms with Crippen molar-refractivity contribution in [2.75, 3.05) is 13.1 Å². The van der Waals surface area contributed by atoms with Crippen LogP contribution < -0.4 is 11.0 Å². The van der Waals surface area contributed by atoms with Crippen LogP contribution in [0.15, 0.2) is 4.79 Å². The molecule has 0 bridgehead atoms. The minimum atomic E-state index is -0.386. The van der Waals surface area contributed by atoms with E-state index < -0.39 is 0 Å². The number of hydrogen-bond acceptors (Lipinski definition) is 4. The van der Waals surface area contributed by atoms with Gasteiger partial charge in [-0.05, 0) is 19.8 Å². The van der Waals surface area contributed by atoms with Crippen molar-refractivity contribution < 1.29 is 9.59 Å². The highest BCUT2D eigenvalue weighted by molar-refractivity contribution is 5.91. The Kier molecular flexibility index (Phi) is 4.49. The number of carbonyl (C=O) groups is 2. The van der Waals surface area contributed by atoms with Crippen LogP contribution in [-0.2, 0) is 17.9 Å². The molecule has 1 aliphatic heterocycles. The van der Waals surface area contributed by atoms with Crippen molar-refractivity contribution in [3.8, 4) is 0 Å². The van der Waals surface area contributed by atoms with Crippen LogP contribution in [0.3, 0.4) is 0 Å². The molecule has 2 amide bonds. The van der Waals surface area contributed by atoms with E-state index in [2.05, 4.69) is 10.4 Å². The molecule has 0 radical (unpaired) electrons. The molecule has 1 aromatic heterocycles. The summed E-state index contributed by atoms with van der Waals surface area (Å²) < 4.78 is 2.47. The Balaban J connectivity index is 1.70. The molecule has 2 heterocycles. The smallest absolute Gasteiger partial charge is 0.346 e. The predicted molar refractivity (Wildman–Crippen MR) is 83.1 cm³/mol. The van der Waals surface area contributed by atoms with Gasteiger partial charge >= 0.3 is 5.69 Å². The van der Waals surface area contributed by atoms with Gasteiger partial charge in [-0.3, -0.25) is 14.2 Å². The number of likely N-dealkylation sites (N-methyl/N-ethyl adjacent to an activating group) is 1. The normalized spacial score (nSPS) is 18.8. The Morgan fingerprint density at radius 1 is 1.22 bits per heavy atom. The Bertz CT molecular complexity index is 657. The Morgan fingerprint density at radius 2 is 1.96 bits per heavy atom. The number of nitrogens with one attached hydrogen (secondary N) is 1. The molecule has 0 spiro atoms. The third-order valence-electron chi connectivity index (χ3n) is 4.64. The number of rotatable bonds is 4. The van der Waals surface area contributed by atoms with E-state index >= 15 is 0 Å². The maximum atomic E-state index is 12.3. The first-order valence-electron chi connectivity index (χ1n) is 8.36. The van der Waals surface area contributed by atoms with Gasteiger partial charge in [0.15, 0.2) is 0 Å². The lowest BCUT2D eigenvalue weighted by Crippen LogP contribution is -2.43. The van der Waals surface area contributed by atoms with Gasteiger partial charge in [0, 0.05) is 25.7 Å². The molecule has 8 nitrogen and oxygen atoms in total. The van der Waals surface area contributed by atoms with Gasteiger partial charge in [-0.1, -0.05) is 19.3 Å². The molecule has 0 atom stereocenters. The lowest BCUT2D eigenvalue weighted by Gasteiger charge is -2.24. The van der Waals surface area contributed by atoms with E-state index in [9.17, 15) is 14.4 Å². The summed E-state index contributed by atoms with van der Waals surface area (Å²) >= 11 is 0. The third-order valence-corrected chi connectivity index (χ3v) is 4.64. The van der Waals surface area contributed by atoms with Gasteiger partial charge < -0.3 is 10.2 Å². The molecule has 1 aromatic rings. The average Bonchev–Trinajstić information content (AvgIpc) is 2.86. The van der Waals surface area contributed by atoms with Crippen LogP contribution >= 0.6 is 0 Å². The molecule has 1 saturated carbocycles. The largest absolute Gasteiger partial charge is 0.352 e. The maximum absolute atomic E-state index is 12.3. The van der Waals surface area contributed by atoms with Crippen molar-refractivity contribution in [3.63, 3.8) is 0 Å². The van der Waals surface area contributed by atoms with Crippen LogP contribution in [0.2, 0.25) is 0 Å². The fourth-order valence-electron chi connectivity index (χ4n) is 3.33. The zero-order chi connectivity index (χ0) is 16.4. The highest BCUT2D eigenvalue weighted by atomic mass is 16.2. The summed E-state index contributed by atoms with van der Waals surface area (Å²) in [6.45, 7) is 3.28. The van der Waals surface area contributed by atoms with E-state index in [-0.39, 0.29) is 35.9 Å². The summed E-state index contributed by atoms with van der Waals surface area (Å²) in [4.78, 5) is 38.3. The molecular weight excluding hydrogens is 298 g/mol. The fourth-order valence-corrected chi connectivity index (χ4v) is 3.33. The zero-order valence-electron chi connectivity index (χ0n) is 13.5. The summed E-state index contributed by atoms with van der Waals surface area (Å²) in [6.07, 6.45) is 5.46. The van der Waals surface area contributed by atoms with Gasteiger partial charge in [0.1, 0.15) is 6.54 Å². The van der Waals surface area contributed by atoms with Crippen LogP contribution in [0.5, 0.6) is 0 Å². The molecule has 1 N–H and O–H groups in total. The molecule has 0 aromatic carbocycles. The topological polar surface area (TPSA) is 89.2 Å². The van der Waals surface area contributed by atoms with E-state index in [0.29, 0.717) is 19.6 Å². The number of nitrogens with zero attached hydrogens (tertiary/aromatic N) is 4. The zero-order valence-corrected chi connectivity index (χ0v) is 13.5.